The van der Waals surface area contributed by atoms with Crippen molar-refractivity contribution in [2.45, 2.75) is 12.7 Å². The van der Waals surface area contributed by atoms with Crippen LogP contribution in [0, 0.1) is 0 Å². The Morgan fingerprint density at radius 3 is 2.72 bits per heavy atom. The molecule has 0 radical (unpaired) electrons. The molecule has 96 valence electrons. The normalized spacial score (nSPS) is 11.6. The molecule has 1 N–H and O–H groups in total. The molecule has 0 aliphatic carbocycles. The van der Waals surface area contributed by atoms with E-state index in [4.69, 9.17) is 0 Å². The second kappa shape index (κ2) is 4.67. The zero-order chi connectivity index (χ0) is 13.2. The van der Waals surface area contributed by atoms with Gasteiger partial charge in [-0.2, -0.15) is 13.2 Å². The Labute approximate surface area is 101 Å². The van der Waals surface area contributed by atoms with Gasteiger partial charge in [0.05, 0.1) is 12.1 Å². The van der Waals surface area contributed by atoms with Crippen molar-refractivity contribution in [2.24, 2.45) is 7.05 Å². The Hall–Kier alpha value is -2.05. The van der Waals surface area contributed by atoms with Crippen molar-refractivity contribution in [3.8, 4) is 0 Å². The molecule has 0 saturated carbocycles. The first-order valence-corrected chi connectivity index (χ1v) is 5.21. The first-order chi connectivity index (χ1) is 8.45. The van der Waals surface area contributed by atoms with Crippen LogP contribution < -0.4 is 5.32 Å². The van der Waals surface area contributed by atoms with Crippen molar-refractivity contribution in [1.82, 2.24) is 15.0 Å². The molecule has 2 aromatic rings. The minimum absolute atomic E-state index is 0.329. The Kier molecular flexibility index (Phi) is 3.22. The van der Waals surface area contributed by atoms with Gasteiger partial charge in [-0.15, -0.1) is 5.10 Å². The van der Waals surface area contributed by atoms with E-state index in [9.17, 15) is 13.2 Å². The monoisotopic (exact) mass is 256 g/mol. The molecular formula is C11H11F3N4. The average molecular weight is 256 g/mol. The topological polar surface area (TPSA) is 42.7 Å². The smallest absolute Gasteiger partial charge is 0.379 e. The number of benzene rings is 1. The van der Waals surface area contributed by atoms with E-state index >= 15 is 0 Å². The van der Waals surface area contributed by atoms with Crippen molar-refractivity contribution in [3.05, 3.63) is 41.7 Å². The number of aryl methyl sites for hydroxylation is 1. The molecule has 1 aromatic carbocycles. The number of nitrogens with one attached hydrogen (secondary N) is 1. The standard InChI is InChI=1S/C11H11F3N4/c1-18-7-10(16-17-18)6-15-9-4-2-3-8(5-9)11(12,13)14/h2-5,7,15H,6H2,1H3. The number of rotatable bonds is 3. The van der Waals surface area contributed by atoms with Crippen LogP contribution in [0.1, 0.15) is 11.3 Å². The van der Waals surface area contributed by atoms with Gasteiger partial charge in [-0.3, -0.25) is 4.68 Å². The highest BCUT2D eigenvalue weighted by Gasteiger charge is 2.30. The Balaban J connectivity index is 2.06. The van der Waals surface area contributed by atoms with Gasteiger partial charge in [-0.05, 0) is 18.2 Å². The van der Waals surface area contributed by atoms with Crippen LogP contribution in [0.3, 0.4) is 0 Å². The van der Waals surface area contributed by atoms with Gasteiger partial charge in [0.25, 0.3) is 0 Å². The lowest BCUT2D eigenvalue weighted by Crippen LogP contribution is -2.06. The van der Waals surface area contributed by atoms with Crippen LogP contribution in [0.5, 0.6) is 0 Å². The number of nitrogens with zero attached hydrogens (tertiary/aromatic N) is 3. The van der Waals surface area contributed by atoms with E-state index in [0.717, 1.165) is 12.1 Å². The highest BCUT2D eigenvalue weighted by molar-refractivity contribution is 5.46. The number of aromatic nitrogens is 3. The molecule has 0 spiro atoms. The summed E-state index contributed by atoms with van der Waals surface area (Å²) in [6.07, 6.45) is -2.63. The van der Waals surface area contributed by atoms with Crippen LogP contribution >= 0.6 is 0 Å². The van der Waals surface area contributed by atoms with Gasteiger partial charge in [0.2, 0.25) is 0 Å². The van der Waals surface area contributed by atoms with Gasteiger partial charge in [0.15, 0.2) is 0 Å². The van der Waals surface area contributed by atoms with Gasteiger partial charge < -0.3 is 5.32 Å². The molecule has 0 unspecified atom stereocenters. The van der Waals surface area contributed by atoms with E-state index in [1.807, 2.05) is 0 Å². The molecule has 0 atom stereocenters. The van der Waals surface area contributed by atoms with Gasteiger partial charge in [0, 0.05) is 18.9 Å². The average Bonchev–Trinajstić information content (AvgIpc) is 2.72. The SMILES string of the molecule is Cn1cc(CNc2cccc(C(F)(F)F)c2)nn1. The second-order valence-electron chi connectivity index (χ2n) is 3.82. The lowest BCUT2D eigenvalue weighted by atomic mass is 10.2. The molecule has 0 aliphatic heterocycles. The molecule has 2 rings (SSSR count). The molecule has 0 bridgehead atoms. The lowest BCUT2D eigenvalue weighted by molar-refractivity contribution is -0.137. The van der Waals surface area contributed by atoms with E-state index in [-0.39, 0.29) is 0 Å². The minimum Gasteiger partial charge on any atom is -0.379 e. The van der Waals surface area contributed by atoms with Crippen molar-refractivity contribution >= 4 is 5.69 Å². The van der Waals surface area contributed by atoms with Crippen LogP contribution in [0.15, 0.2) is 30.5 Å². The van der Waals surface area contributed by atoms with Crippen LogP contribution in [-0.4, -0.2) is 15.0 Å². The molecule has 1 aromatic heterocycles. The fourth-order valence-electron chi connectivity index (χ4n) is 1.47. The summed E-state index contributed by atoms with van der Waals surface area (Å²) in [5.41, 5.74) is 0.386. The van der Waals surface area contributed by atoms with Crippen molar-refractivity contribution < 1.29 is 13.2 Å². The number of hydrogen-bond acceptors (Lipinski definition) is 3. The van der Waals surface area contributed by atoms with Crippen LogP contribution in [0.2, 0.25) is 0 Å². The third kappa shape index (κ3) is 2.99. The summed E-state index contributed by atoms with van der Waals surface area (Å²) in [4.78, 5) is 0. The van der Waals surface area contributed by atoms with E-state index in [1.165, 1.54) is 10.7 Å². The van der Waals surface area contributed by atoms with Crippen molar-refractivity contribution in [3.63, 3.8) is 0 Å². The highest BCUT2D eigenvalue weighted by atomic mass is 19.4. The molecule has 0 aliphatic rings. The first kappa shape index (κ1) is 12.4. The predicted octanol–water partition coefficient (Wildman–Crippen LogP) is 2.45. The van der Waals surface area contributed by atoms with E-state index < -0.39 is 11.7 Å². The maximum atomic E-state index is 12.5. The van der Waals surface area contributed by atoms with Gasteiger partial charge in [0.1, 0.15) is 5.69 Å². The number of halogens is 3. The summed E-state index contributed by atoms with van der Waals surface area (Å²) in [6, 6.07) is 5.04. The van der Waals surface area contributed by atoms with E-state index in [0.29, 0.717) is 17.9 Å². The summed E-state index contributed by atoms with van der Waals surface area (Å²) in [5, 5.41) is 10.4. The molecule has 18 heavy (non-hydrogen) atoms. The summed E-state index contributed by atoms with van der Waals surface area (Å²) in [7, 11) is 1.72. The van der Waals surface area contributed by atoms with Gasteiger partial charge in [-0.1, -0.05) is 11.3 Å². The molecular weight excluding hydrogens is 245 g/mol. The zero-order valence-electron chi connectivity index (χ0n) is 9.57. The molecule has 1 heterocycles. The fraction of sp³-hybridized carbons (Fsp3) is 0.273. The zero-order valence-corrected chi connectivity index (χ0v) is 9.57. The first-order valence-electron chi connectivity index (χ1n) is 5.21. The largest absolute Gasteiger partial charge is 0.416 e. The lowest BCUT2D eigenvalue weighted by Gasteiger charge is -2.09. The summed E-state index contributed by atoms with van der Waals surface area (Å²) in [5.74, 6) is 0. The Morgan fingerprint density at radius 1 is 1.33 bits per heavy atom. The summed E-state index contributed by atoms with van der Waals surface area (Å²) >= 11 is 0. The number of hydrogen-bond donors (Lipinski definition) is 1. The molecule has 7 heteroatoms. The molecule has 0 fully saturated rings. The van der Waals surface area contributed by atoms with Crippen LogP contribution in [0.4, 0.5) is 18.9 Å². The highest BCUT2D eigenvalue weighted by Crippen LogP contribution is 2.30. The minimum atomic E-state index is -4.33. The predicted molar refractivity (Wildman–Crippen MR) is 59.8 cm³/mol. The Morgan fingerprint density at radius 2 is 2.11 bits per heavy atom. The number of alkyl halides is 3. The maximum Gasteiger partial charge on any atom is 0.416 e. The fourth-order valence-corrected chi connectivity index (χ4v) is 1.47. The molecule has 4 nitrogen and oxygen atoms in total. The number of anilines is 1. The summed E-state index contributed by atoms with van der Waals surface area (Å²) in [6.45, 7) is 0.329. The van der Waals surface area contributed by atoms with Crippen LogP contribution in [-0.2, 0) is 19.8 Å². The van der Waals surface area contributed by atoms with Gasteiger partial charge >= 0.3 is 6.18 Å². The second-order valence-corrected chi connectivity index (χ2v) is 3.82. The van der Waals surface area contributed by atoms with E-state index in [2.05, 4.69) is 15.6 Å². The van der Waals surface area contributed by atoms with Crippen LogP contribution in [0.25, 0.3) is 0 Å². The van der Waals surface area contributed by atoms with Crippen molar-refractivity contribution in [2.75, 3.05) is 5.32 Å². The van der Waals surface area contributed by atoms with Gasteiger partial charge in [-0.25, -0.2) is 0 Å². The molecule has 0 saturated heterocycles. The summed E-state index contributed by atoms with van der Waals surface area (Å²) < 4.78 is 39.0. The maximum absolute atomic E-state index is 12.5. The quantitative estimate of drug-likeness (QED) is 0.917. The molecule has 0 amide bonds. The third-order valence-electron chi connectivity index (χ3n) is 2.31. The van der Waals surface area contributed by atoms with E-state index in [1.54, 1.807) is 19.3 Å². The third-order valence-corrected chi connectivity index (χ3v) is 2.31. The Bertz CT molecular complexity index is 533. The van der Waals surface area contributed by atoms with Crippen molar-refractivity contribution in [1.29, 1.82) is 0 Å².